The second kappa shape index (κ2) is 18.3. The van der Waals surface area contributed by atoms with Crippen LogP contribution in [0, 0.1) is 0 Å². The molecule has 0 radical (unpaired) electrons. The minimum atomic E-state index is -2.77. The van der Waals surface area contributed by atoms with Crippen LogP contribution in [-0.2, 0) is 33.5 Å². The first kappa shape index (κ1) is 52.7. The van der Waals surface area contributed by atoms with Crippen molar-refractivity contribution in [1.82, 2.24) is 0 Å². The lowest BCUT2D eigenvalue weighted by Gasteiger charge is -2.49. The smallest absolute Gasteiger partial charge is 0.247 e. The maximum absolute atomic E-state index is 2.77. The number of anilines is 8. The van der Waals surface area contributed by atoms with Gasteiger partial charge in [0.2, 0.25) is 6.71 Å². The summed E-state index contributed by atoms with van der Waals surface area (Å²) in [6, 6.07) is 68.0. The molecule has 0 saturated heterocycles. The Morgan fingerprint density at radius 1 is 0.476 bits per heavy atom. The Kier molecular flexibility index (Phi) is 11.8. The van der Waals surface area contributed by atoms with Crippen molar-refractivity contribution in [3.8, 4) is 0 Å². The van der Waals surface area contributed by atoms with Crippen molar-refractivity contribution in [3.05, 3.63) is 239 Å². The summed E-state index contributed by atoms with van der Waals surface area (Å²) in [7, 11) is -2.77. The highest BCUT2D eigenvalue weighted by Gasteiger charge is 2.53. The third-order valence-corrected chi connectivity index (χ3v) is 25.4. The van der Waals surface area contributed by atoms with E-state index in [1.54, 1.807) is 0 Å². The van der Waals surface area contributed by atoms with Crippen LogP contribution in [0.5, 0.6) is 0 Å². The van der Waals surface area contributed by atoms with Gasteiger partial charge in [0, 0.05) is 51.1 Å². The maximum atomic E-state index is 2.72. The summed E-state index contributed by atoms with van der Waals surface area (Å²) in [6.45, 7) is 31.1. The number of hydrogen-bond donors (Lipinski definition) is 0. The largest absolute Gasteiger partial charge is 0.311 e. The predicted molar refractivity (Wildman–Crippen MR) is 356 cm³/mol. The molecule has 410 valence electrons. The third-order valence-electron chi connectivity index (χ3n) is 20.1. The van der Waals surface area contributed by atoms with Gasteiger partial charge >= 0.3 is 0 Å². The molecule has 1 unspecified atom stereocenters. The summed E-state index contributed by atoms with van der Waals surface area (Å²) in [5.74, 6) is 0. The average molecular weight is 1090 g/mol. The Morgan fingerprint density at radius 2 is 0.988 bits per heavy atom. The zero-order chi connectivity index (χ0) is 57.0. The average Bonchev–Trinajstić information content (AvgIpc) is 2.54. The van der Waals surface area contributed by atoms with Crippen molar-refractivity contribution >= 4 is 92.5 Å². The highest BCUT2D eigenvalue weighted by Crippen LogP contribution is 2.56. The van der Waals surface area contributed by atoms with Crippen LogP contribution in [0.2, 0.25) is 5.54 Å². The minimum absolute atomic E-state index is 0.00185. The number of benzene rings is 8. The van der Waals surface area contributed by atoms with Gasteiger partial charge in [-0.15, -0.1) is 0 Å². The number of rotatable bonds is 5. The Balaban J connectivity index is 1.12. The van der Waals surface area contributed by atoms with Crippen LogP contribution in [-0.4, -0.2) is 14.8 Å². The molecule has 0 fully saturated rings. The Hall–Kier alpha value is -7.34. The lowest BCUT2D eigenvalue weighted by molar-refractivity contribution is 0.332. The monoisotopic (exact) mass is 1090 g/mol. The molecular weight excluding hydrogens is 1010 g/mol. The van der Waals surface area contributed by atoms with Gasteiger partial charge in [0.05, 0.1) is 5.69 Å². The van der Waals surface area contributed by atoms with Gasteiger partial charge in [0.1, 0.15) is 0 Å². The summed E-state index contributed by atoms with van der Waals surface area (Å²) in [5.41, 5.74) is 25.7. The van der Waals surface area contributed by atoms with E-state index in [4.69, 9.17) is 0 Å². The van der Waals surface area contributed by atoms with Crippen molar-refractivity contribution in [2.45, 2.75) is 148 Å². The van der Waals surface area contributed by atoms with Gasteiger partial charge in [0.15, 0.2) is 8.07 Å². The van der Waals surface area contributed by atoms with Gasteiger partial charge in [-0.25, -0.2) is 0 Å². The van der Waals surface area contributed by atoms with E-state index in [0.717, 1.165) is 25.7 Å². The fourth-order valence-electron chi connectivity index (χ4n) is 15.4. The molecule has 3 aliphatic carbocycles. The minimum Gasteiger partial charge on any atom is -0.311 e. The van der Waals surface area contributed by atoms with Crippen molar-refractivity contribution < 1.29 is 0 Å². The normalized spacial score (nSPS) is 18.8. The number of para-hydroxylation sites is 2. The molecule has 8 aromatic carbocycles. The predicted octanol–water partition coefficient (Wildman–Crippen LogP) is 17.1. The van der Waals surface area contributed by atoms with E-state index in [1.807, 2.05) is 0 Å². The molecule has 0 bridgehead atoms. The van der Waals surface area contributed by atoms with E-state index in [9.17, 15) is 0 Å². The highest BCUT2D eigenvalue weighted by molar-refractivity contribution is 7.14. The van der Waals surface area contributed by atoms with E-state index < -0.39 is 8.07 Å². The Bertz CT molecular complexity index is 3960. The first-order valence-corrected chi connectivity index (χ1v) is 32.6. The zero-order valence-corrected chi connectivity index (χ0v) is 51.8. The zero-order valence-electron chi connectivity index (χ0n) is 50.8. The van der Waals surface area contributed by atoms with Gasteiger partial charge in [-0.05, 0) is 179 Å². The lowest BCUT2D eigenvalue weighted by atomic mass is 9.32. The first-order chi connectivity index (χ1) is 39.1. The molecule has 3 nitrogen and oxygen atoms in total. The number of hydrogen-bond acceptors (Lipinski definition) is 3. The lowest BCUT2D eigenvalue weighted by Crippen LogP contribution is -2.72. The Morgan fingerprint density at radius 3 is 1.55 bits per heavy atom. The van der Waals surface area contributed by atoms with Gasteiger partial charge < -0.3 is 14.7 Å². The SMILES string of the molecule is CC(C)(C)c1ccc(N2C3=C(Cc4ccc(C(C)(C)C)cc43)B3c4cc5c(cc4N(c4ccc(C(C)(C)C)cc4)c4cc(N6c7ccccc7[Si](c7ccccc7)(C7C=CC=CC7)c7ccccc76)cc2c43)C(C)(C)CCC5(C)C)cc1. The van der Waals surface area contributed by atoms with Crippen LogP contribution in [0.15, 0.2) is 200 Å². The second-order valence-corrected chi connectivity index (χ2v) is 33.2. The van der Waals surface area contributed by atoms with Gasteiger partial charge in [-0.3, -0.25) is 0 Å². The molecule has 3 heterocycles. The standard InChI is InChI=1S/C77H80BN3Si/c1-73(2,3)51-34-38-54(39-35-51)79-66-49-61-60(76(10,11)42-43-77(61,12)13)48-62(66)78-63-44-50-32-33-53(75(7,8)9)45-59(50)72(63)81(55-40-36-52(37-41-55)74(4,5)6)68-47-56(46-67(79)71(68)78)80-64-28-20-22-30-69(64)82(57-24-16-14-17-25-57,58-26-18-15-19-27-58)70-31-23-21-29-65(70)80/h14-26,28-41,45-49,58H,27,42-44H2,1-13H3. The van der Waals surface area contributed by atoms with Crippen molar-refractivity contribution in [2.24, 2.45) is 0 Å². The van der Waals surface area contributed by atoms with Gasteiger partial charge in [-0.1, -0.05) is 229 Å². The topological polar surface area (TPSA) is 9.72 Å². The Labute approximate surface area is 491 Å². The maximum Gasteiger partial charge on any atom is 0.247 e. The second-order valence-electron chi connectivity index (χ2n) is 29.2. The summed E-state index contributed by atoms with van der Waals surface area (Å²) < 4.78 is 0. The summed E-state index contributed by atoms with van der Waals surface area (Å²) in [6.07, 6.45) is 13.7. The molecular formula is C77H80BN3Si. The van der Waals surface area contributed by atoms with Crippen LogP contribution in [0.4, 0.5) is 45.5 Å². The van der Waals surface area contributed by atoms with E-state index >= 15 is 0 Å². The molecule has 1 atom stereocenters. The van der Waals surface area contributed by atoms with Crippen LogP contribution in [0.1, 0.15) is 148 Å². The van der Waals surface area contributed by atoms with E-state index in [0.29, 0.717) is 5.54 Å². The molecule has 14 rings (SSSR count). The molecule has 0 aromatic heterocycles. The molecule has 82 heavy (non-hydrogen) atoms. The van der Waals surface area contributed by atoms with E-state index in [2.05, 4.69) is 299 Å². The number of allylic oxidation sites excluding steroid dienone is 5. The number of fused-ring (bicyclic) bond motifs is 8. The molecule has 6 aliphatic rings. The third kappa shape index (κ3) is 7.95. The van der Waals surface area contributed by atoms with Crippen LogP contribution >= 0.6 is 0 Å². The fourth-order valence-corrected chi connectivity index (χ4v) is 21.1. The van der Waals surface area contributed by atoms with Gasteiger partial charge in [-0.2, -0.15) is 0 Å². The highest BCUT2D eigenvalue weighted by atomic mass is 28.3. The molecule has 0 saturated carbocycles. The van der Waals surface area contributed by atoms with Crippen molar-refractivity contribution in [2.75, 3.05) is 14.7 Å². The van der Waals surface area contributed by atoms with E-state index in [-0.39, 0.29) is 33.8 Å². The molecule has 3 aliphatic heterocycles. The van der Waals surface area contributed by atoms with Gasteiger partial charge in [0.25, 0.3) is 0 Å². The first-order valence-electron chi connectivity index (χ1n) is 30.5. The van der Waals surface area contributed by atoms with Crippen molar-refractivity contribution in [1.29, 1.82) is 0 Å². The summed E-state index contributed by atoms with van der Waals surface area (Å²) in [5, 5.41) is 4.38. The summed E-state index contributed by atoms with van der Waals surface area (Å²) in [4.78, 5) is 8.10. The van der Waals surface area contributed by atoms with Crippen LogP contribution in [0.25, 0.3) is 5.70 Å². The van der Waals surface area contributed by atoms with Crippen LogP contribution < -0.4 is 41.2 Å². The molecule has 5 heteroatoms. The fraction of sp³-hybridized carbons (Fsp3) is 0.299. The molecule has 8 aromatic rings. The molecule has 0 amide bonds. The van der Waals surface area contributed by atoms with Crippen molar-refractivity contribution in [3.63, 3.8) is 0 Å². The summed E-state index contributed by atoms with van der Waals surface area (Å²) >= 11 is 0. The van der Waals surface area contributed by atoms with E-state index in [1.165, 1.54) is 122 Å². The number of nitrogens with zero attached hydrogens (tertiary/aromatic N) is 3. The van der Waals surface area contributed by atoms with Crippen LogP contribution in [0.3, 0.4) is 0 Å². The quantitative estimate of drug-likeness (QED) is 0.159. The molecule has 0 spiro atoms. The molecule has 0 N–H and O–H groups in total.